The van der Waals surface area contributed by atoms with Gasteiger partial charge in [-0.3, -0.25) is 9.59 Å². The Balaban J connectivity index is 0.000000360. The normalized spacial score (nSPS) is 8.73. The van der Waals surface area contributed by atoms with Crippen LogP contribution in [-0.2, 0) is 0 Å². The van der Waals surface area contributed by atoms with Crippen molar-refractivity contribution in [3.8, 4) is 11.5 Å². The van der Waals surface area contributed by atoms with Crippen LogP contribution in [0.5, 0.6) is 11.5 Å². The van der Waals surface area contributed by atoms with Crippen molar-refractivity contribution in [2.75, 3.05) is 0 Å². The van der Waals surface area contributed by atoms with Gasteiger partial charge in [-0.2, -0.15) is 0 Å². The molecule has 2 rings (SSSR count). The van der Waals surface area contributed by atoms with Crippen molar-refractivity contribution in [2.45, 2.75) is 13.8 Å². The molecule has 0 aromatic heterocycles. The van der Waals surface area contributed by atoms with Crippen molar-refractivity contribution in [1.82, 2.24) is 0 Å². The summed E-state index contributed by atoms with van der Waals surface area (Å²) in [7, 11) is 4.75. The molecule has 2 radical (unpaired) electrons. The van der Waals surface area contributed by atoms with Gasteiger partial charge in [0.15, 0.2) is 11.5 Å². The third-order valence-electron chi connectivity index (χ3n) is 2.45. The van der Waals surface area contributed by atoms with E-state index in [2.05, 4.69) is 0 Å². The minimum atomic E-state index is -0.331. The van der Waals surface area contributed by atoms with E-state index in [-0.39, 0.29) is 22.4 Å². The van der Waals surface area contributed by atoms with E-state index in [1.165, 1.54) is 24.3 Å². The van der Waals surface area contributed by atoms with E-state index in [0.717, 1.165) is 34.7 Å². The standard InChI is InChI=1S/2C8H8O2.Bi.ClH/c2*1-6-3-2-4-7(9)8(10)5-6;;/h2*2-5H,1H3,(H,9,10);;1H/q;;+1;/p-1. The zero-order valence-corrected chi connectivity index (χ0v) is 16.4. The van der Waals surface area contributed by atoms with Gasteiger partial charge in [-0.1, -0.05) is 24.3 Å². The quantitative estimate of drug-likeness (QED) is 0.528. The average molecular weight is 517 g/mol. The molecule has 116 valence electrons. The van der Waals surface area contributed by atoms with Gasteiger partial charge in [-0.25, -0.2) is 0 Å². The number of rotatable bonds is 0. The van der Waals surface area contributed by atoms with Gasteiger partial charge < -0.3 is 10.2 Å². The van der Waals surface area contributed by atoms with Gasteiger partial charge in [-0.15, -0.1) is 0 Å². The predicted molar refractivity (Wildman–Crippen MR) is 89.8 cm³/mol. The van der Waals surface area contributed by atoms with Crippen LogP contribution in [0, 0.1) is 13.8 Å². The second-order valence-electron chi connectivity index (χ2n) is 4.33. The van der Waals surface area contributed by atoms with Crippen LogP contribution >= 0.6 is 8.51 Å². The molecule has 0 saturated heterocycles. The fraction of sp³-hybridized carbons (Fsp3) is 0.125. The Morgan fingerprint density at radius 1 is 0.773 bits per heavy atom. The number of halogens is 1. The van der Waals surface area contributed by atoms with Crippen LogP contribution in [0.3, 0.4) is 0 Å². The molecule has 0 saturated carbocycles. The molecule has 0 aliphatic carbocycles. The molecule has 0 fully saturated rings. The second-order valence-corrected chi connectivity index (χ2v) is 4.33. The van der Waals surface area contributed by atoms with Crippen LogP contribution in [-0.4, -0.2) is 33.7 Å². The monoisotopic (exact) mass is 516 g/mol. The molecule has 2 N–H and O–H groups in total. The Morgan fingerprint density at radius 2 is 1.09 bits per heavy atom. The van der Waals surface area contributed by atoms with Crippen molar-refractivity contribution < 1.29 is 10.2 Å². The molecular weight excluding hydrogens is 501 g/mol. The van der Waals surface area contributed by atoms with Gasteiger partial charge in [0.05, 0.1) is 0 Å². The fourth-order valence-corrected chi connectivity index (χ4v) is 1.40. The fourth-order valence-electron chi connectivity index (χ4n) is 1.40. The van der Waals surface area contributed by atoms with Crippen molar-refractivity contribution in [3.05, 3.63) is 80.1 Å². The third kappa shape index (κ3) is 8.11. The van der Waals surface area contributed by atoms with E-state index in [0.29, 0.717) is 0 Å². The first-order chi connectivity index (χ1) is 10.4. The summed E-state index contributed by atoms with van der Waals surface area (Å²) < 4.78 is 0. The molecule has 0 aliphatic heterocycles. The van der Waals surface area contributed by atoms with Crippen molar-refractivity contribution >= 4 is 32.0 Å². The summed E-state index contributed by atoms with van der Waals surface area (Å²) >= 11 is 0.917. The van der Waals surface area contributed by atoms with E-state index < -0.39 is 0 Å². The SMILES string of the molecule is Cc1cccc(O)c(=O)c1.Cc1cccc(O)c(=O)c1.[Cl][Bi]. The van der Waals surface area contributed by atoms with E-state index in [9.17, 15) is 9.59 Å². The molecule has 0 atom stereocenters. The van der Waals surface area contributed by atoms with Crippen LogP contribution in [0.2, 0.25) is 0 Å². The van der Waals surface area contributed by atoms with E-state index >= 15 is 0 Å². The summed E-state index contributed by atoms with van der Waals surface area (Å²) in [5.74, 6) is -0.402. The molecule has 22 heavy (non-hydrogen) atoms. The van der Waals surface area contributed by atoms with E-state index in [4.69, 9.17) is 18.7 Å². The first-order valence-electron chi connectivity index (χ1n) is 6.17. The van der Waals surface area contributed by atoms with Crippen LogP contribution < -0.4 is 10.9 Å². The van der Waals surface area contributed by atoms with Gasteiger partial charge in [0.2, 0.25) is 10.9 Å². The number of aromatic hydroxyl groups is 2. The first-order valence-corrected chi connectivity index (χ1v) is 10.4. The summed E-state index contributed by atoms with van der Waals surface area (Å²) in [6.07, 6.45) is 0. The second kappa shape index (κ2) is 11.2. The minimum absolute atomic E-state index is 0.201. The Hall–Kier alpha value is -1.45. The molecule has 4 nitrogen and oxygen atoms in total. The van der Waals surface area contributed by atoms with Crippen LogP contribution in [0.4, 0.5) is 0 Å². The van der Waals surface area contributed by atoms with Crippen LogP contribution in [0.25, 0.3) is 0 Å². The van der Waals surface area contributed by atoms with Gasteiger partial charge in [0.1, 0.15) is 0 Å². The maximum atomic E-state index is 10.8. The Labute approximate surface area is 147 Å². The summed E-state index contributed by atoms with van der Waals surface area (Å²) in [6.45, 7) is 3.61. The van der Waals surface area contributed by atoms with Crippen LogP contribution in [0.15, 0.2) is 58.1 Å². The van der Waals surface area contributed by atoms with Crippen molar-refractivity contribution in [1.29, 1.82) is 0 Å². The van der Waals surface area contributed by atoms with Gasteiger partial charge in [-0.05, 0) is 49.2 Å². The molecular formula is C16H16BiClO4. The number of hydrogen-bond acceptors (Lipinski definition) is 4. The molecule has 2 aromatic carbocycles. The third-order valence-corrected chi connectivity index (χ3v) is 2.45. The first kappa shape index (κ1) is 20.6. The summed E-state index contributed by atoms with van der Waals surface area (Å²) in [5.41, 5.74) is 1.04. The maximum absolute atomic E-state index is 10.8. The molecule has 2 aromatic rings. The Kier molecular flexibility index (Phi) is 10.4. The van der Waals surface area contributed by atoms with Crippen molar-refractivity contribution in [2.24, 2.45) is 0 Å². The number of hydrogen-bond donors (Lipinski definition) is 2. The zero-order valence-electron chi connectivity index (χ0n) is 12.2. The molecule has 0 amide bonds. The Bertz CT molecular complexity index is 657. The summed E-state index contributed by atoms with van der Waals surface area (Å²) in [4.78, 5) is 21.6. The van der Waals surface area contributed by atoms with Crippen molar-refractivity contribution in [3.63, 3.8) is 0 Å². The molecule has 0 unspecified atom stereocenters. The van der Waals surface area contributed by atoms with Gasteiger partial charge in [0.25, 0.3) is 0 Å². The summed E-state index contributed by atoms with van der Waals surface area (Å²) in [5, 5.41) is 17.8. The summed E-state index contributed by atoms with van der Waals surface area (Å²) in [6, 6.07) is 12.4. The predicted octanol–water partition coefficient (Wildman–Crippen LogP) is 2.43. The van der Waals surface area contributed by atoms with Gasteiger partial charge >= 0.3 is 32.0 Å². The molecule has 0 aliphatic rings. The number of aryl methyl sites for hydroxylation is 2. The van der Waals surface area contributed by atoms with Crippen LogP contribution in [0.1, 0.15) is 11.1 Å². The molecule has 0 bridgehead atoms. The van der Waals surface area contributed by atoms with E-state index in [1.807, 2.05) is 0 Å². The average Bonchev–Trinajstić information content (AvgIpc) is 2.71. The Morgan fingerprint density at radius 3 is 1.41 bits per heavy atom. The molecule has 0 spiro atoms. The zero-order chi connectivity index (χ0) is 17.1. The molecule has 6 heteroatoms. The topological polar surface area (TPSA) is 74.6 Å². The van der Waals surface area contributed by atoms with Gasteiger partial charge in [0, 0.05) is 0 Å². The molecule has 0 heterocycles. The van der Waals surface area contributed by atoms with E-state index in [1.54, 1.807) is 38.1 Å².